The first kappa shape index (κ1) is 9.80. The van der Waals surface area contributed by atoms with Gasteiger partial charge in [0.1, 0.15) is 7.85 Å². The monoisotopic (exact) mass is 176 g/mol. The first-order valence-electron chi connectivity index (χ1n) is 3.85. The van der Waals surface area contributed by atoms with Crippen LogP contribution in [0.15, 0.2) is 24.3 Å². The van der Waals surface area contributed by atoms with Gasteiger partial charge in [-0.1, -0.05) is 35.3 Å². The highest BCUT2D eigenvalue weighted by Crippen LogP contribution is 2.00. The van der Waals surface area contributed by atoms with Crippen LogP contribution in [0.1, 0.15) is 5.56 Å². The van der Waals surface area contributed by atoms with Crippen LogP contribution in [0.25, 0.3) is 0 Å². The Morgan fingerprint density at radius 1 is 1.46 bits per heavy atom. The highest BCUT2D eigenvalue weighted by Gasteiger charge is 2.13. The molecule has 0 aliphatic rings. The van der Waals surface area contributed by atoms with E-state index in [1.54, 1.807) is 24.3 Å². The summed E-state index contributed by atoms with van der Waals surface area (Å²) in [7, 11) is 5.56. The van der Waals surface area contributed by atoms with E-state index in [1.165, 1.54) is 0 Å². The molecule has 0 aliphatic carbocycles. The summed E-state index contributed by atoms with van der Waals surface area (Å²) in [6, 6.07) is 6.87. The number of carboxylic acids is 1. The van der Waals surface area contributed by atoms with E-state index in [-0.39, 0.29) is 6.42 Å². The summed E-state index contributed by atoms with van der Waals surface area (Å²) in [6.07, 6.45) is -1.34. The molecular weight excluding hydrogens is 167 g/mol. The van der Waals surface area contributed by atoms with Crippen molar-refractivity contribution in [3.05, 3.63) is 29.8 Å². The number of carboxylic acid groups (broad SMARTS) is 1. The van der Waals surface area contributed by atoms with Gasteiger partial charge >= 0.3 is 5.97 Å². The van der Waals surface area contributed by atoms with Crippen LogP contribution in [0.4, 0.5) is 0 Å². The Labute approximate surface area is 77.4 Å². The van der Waals surface area contributed by atoms with Crippen molar-refractivity contribution in [3.8, 4) is 0 Å². The maximum Gasteiger partial charge on any atom is 0.332 e. The molecule has 2 radical (unpaired) electrons. The number of aliphatic hydroxyl groups excluding tert-OH is 1. The Kier molecular flexibility index (Phi) is 3.09. The summed E-state index contributed by atoms with van der Waals surface area (Å²) in [4.78, 5) is 10.3. The van der Waals surface area contributed by atoms with Crippen molar-refractivity contribution in [2.24, 2.45) is 0 Å². The van der Waals surface area contributed by atoms with Crippen LogP contribution < -0.4 is 5.46 Å². The van der Waals surface area contributed by atoms with Crippen LogP contribution in [0, 0.1) is 0 Å². The van der Waals surface area contributed by atoms with Crippen molar-refractivity contribution in [2.75, 3.05) is 0 Å². The predicted molar refractivity (Wildman–Crippen MR) is 49.2 cm³/mol. The minimum absolute atomic E-state index is 0.0437. The maximum atomic E-state index is 10.3. The van der Waals surface area contributed by atoms with Gasteiger partial charge in [-0.05, 0) is 0 Å². The molecule has 0 saturated carbocycles. The molecule has 1 atom stereocenters. The van der Waals surface area contributed by atoms with Crippen LogP contribution in [0.3, 0.4) is 0 Å². The lowest BCUT2D eigenvalue weighted by atomic mass is 9.88. The van der Waals surface area contributed by atoms with Gasteiger partial charge in [0.05, 0.1) is 0 Å². The van der Waals surface area contributed by atoms with Gasteiger partial charge < -0.3 is 10.2 Å². The molecule has 1 aromatic rings. The molecule has 0 spiro atoms. The van der Waals surface area contributed by atoms with E-state index in [1.807, 2.05) is 0 Å². The molecule has 66 valence electrons. The molecule has 1 aromatic carbocycles. The van der Waals surface area contributed by atoms with E-state index >= 15 is 0 Å². The van der Waals surface area contributed by atoms with Crippen LogP contribution in [0.2, 0.25) is 0 Å². The summed E-state index contributed by atoms with van der Waals surface area (Å²) in [5, 5.41) is 17.5. The van der Waals surface area contributed by atoms with Gasteiger partial charge in [0, 0.05) is 6.42 Å². The molecule has 0 unspecified atom stereocenters. The van der Waals surface area contributed by atoms with Gasteiger partial charge in [-0.25, -0.2) is 4.79 Å². The number of aliphatic hydroxyl groups is 1. The first-order chi connectivity index (χ1) is 6.11. The summed E-state index contributed by atoms with van der Waals surface area (Å²) >= 11 is 0. The Bertz CT molecular complexity index is 311. The third-order valence-electron chi connectivity index (χ3n) is 1.75. The van der Waals surface area contributed by atoms with Crippen LogP contribution in [-0.4, -0.2) is 30.1 Å². The summed E-state index contributed by atoms with van der Waals surface area (Å²) in [6.45, 7) is 0. The second-order valence-corrected chi connectivity index (χ2v) is 2.76. The van der Waals surface area contributed by atoms with Crippen molar-refractivity contribution < 1.29 is 15.0 Å². The Morgan fingerprint density at radius 2 is 2.08 bits per heavy atom. The van der Waals surface area contributed by atoms with Gasteiger partial charge in [-0.15, -0.1) is 0 Å². The van der Waals surface area contributed by atoms with Crippen molar-refractivity contribution in [1.82, 2.24) is 0 Å². The lowest BCUT2D eigenvalue weighted by molar-refractivity contribution is -0.146. The summed E-state index contributed by atoms with van der Waals surface area (Å²) < 4.78 is 0. The van der Waals surface area contributed by atoms with E-state index in [4.69, 9.17) is 18.1 Å². The maximum absolute atomic E-state index is 10.3. The number of benzene rings is 1. The molecule has 0 aromatic heterocycles. The molecule has 4 heteroatoms. The Hall–Kier alpha value is -1.29. The fourth-order valence-electron chi connectivity index (χ4n) is 1.02. The largest absolute Gasteiger partial charge is 0.479 e. The minimum Gasteiger partial charge on any atom is -0.479 e. The van der Waals surface area contributed by atoms with E-state index in [0.29, 0.717) is 11.0 Å². The van der Waals surface area contributed by atoms with Crippen LogP contribution in [0.5, 0.6) is 0 Å². The van der Waals surface area contributed by atoms with E-state index < -0.39 is 12.1 Å². The fraction of sp³-hybridized carbons (Fsp3) is 0.222. The minimum atomic E-state index is -1.38. The first-order valence-corrected chi connectivity index (χ1v) is 3.85. The molecule has 0 bridgehead atoms. The van der Waals surface area contributed by atoms with Gasteiger partial charge in [0.2, 0.25) is 0 Å². The van der Waals surface area contributed by atoms with Crippen molar-refractivity contribution in [1.29, 1.82) is 0 Å². The third kappa shape index (κ3) is 2.59. The fourth-order valence-corrected chi connectivity index (χ4v) is 1.02. The van der Waals surface area contributed by atoms with E-state index in [2.05, 4.69) is 0 Å². The van der Waals surface area contributed by atoms with E-state index in [0.717, 1.165) is 0 Å². The number of hydrogen-bond acceptors (Lipinski definition) is 2. The van der Waals surface area contributed by atoms with Gasteiger partial charge in [-0.3, -0.25) is 0 Å². The van der Waals surface area contributed by atoms with Crippen LogP contribution >= 0.6 is 0 Å². The van der Waals surface area contributed by atoms with Crippen molar-refractivity contribution >= 4 is 19.3 Å². The standard InChI is InChI=1S/C9H9BO3/c10-7-4-2-1-3-6(7)5-8(11)9(12)13/h1-4,8,11H,5H2,(H,12,13)/t8-/m1/s1. The molecule has 0 aliphatic heterocycles. The SMILES string of the molecule is [B]c1ccccc1C[C@@H](O)C(=O)O. The van der Waals surface area contributed by atoms with E-state index in [9.17, 15) is 4.79 Å². The molecule has 0 amide bonds. The average molecular weight is 176 g/mol. The average Bonchev–Trinajstić information content (AvgIpc) is 2.08. The second-order valence-electron chi connectivity index (χ2n) is 2.76. The molecule has 1 rings (SSSR count). The molecule has 2 N–H and O–H groups in total. The Balaban J connectivity index is 2.74. The van der Waals surface area contributed by atoms with Gasteiger partial charge in [0.25, 0.3) is 0 Å². The summed E-state index contributed by atoms with van der Waals surface area (Å²) in [5.41, 5.74) is 1.15. The molecule has 0 fully saturated rings. The lowest BCUT2D eigenvalue weighted by Gasteiger charge is -2.07. The second kappa shape index (κ2) is 4.09. The van der Waals surface area contributed by atoms with Gasteiger partial charge in [0.15, 0.2) is 6.10 Å². The zero-order valence-electron chi connectivity index (χ0n) is 6.97. The summed E-state index contributed by atoms with van der Waals surface area (Å²) in [5.74, 6) is -1.23. The molecule has 13 heavy (non-hydrogen) atoms. The number of rotatable bonds is 3. The zero-order valence-corrected chi connectivity index (χ0v) is 6.97. The quantitative estimate of drug-likeness (QED) is 0.608. The van der Waals surface area contributed by atoms with Crippen LogP contribution in [-0.2, 0) is 11.2 Å². The van der Waals surface area contributed by atoms with Crippen molar-refractivity contribution in [2.45, 2.75) is 12.5 Å². The Morgan fingerprint density at radius 3 is 2.62 bits per heavy atom. The topological polar surface area (TPSA) is 57.5 Å². The molecule has 0 saturated heterocycles. The number of aliphatic carboxylic acids is 1. The number of hydrogen-bond donors (Lipinski definition) is 2. The highest BCUT2D eigenvalue weighted by atomic mass is 16.4. The highest BCUT2D eigenvalue weighted by molar-refractivity contribution is 6.33. The molecule has 3 nitrogen and oxygen atoms in total. The zero-order chi connectivity index (χ0) is 9.84. The third-order valence-corrected chi connectivity index (χ3v) is 1.75. The molecule has 0 heterocycles. The molecular formula is C9H9BO3. The smallest absolute Gasteiger partial charge is 0.332 e. The number of carbonyl (C=O) groups is 1. The van der Waals surface area contributed by atoms with Crippen molar-refractivity contribution in [3.63, 3.8) is 0 Å². The normalized spacial score (nSPS) is 12.4. The lowest BCUT2D eigenvalue weighted by Crippen LogP contribution is -2.25. The van der Waals surface area contributed by atoms with Gasteiger partial charge in [-0.2, -0.15) is 0 Å². The predicted octanol–water partition coefficient (Wildman–Crippen LogP) is -0.532.